The fraction of sp³-hybridized carbons (Fsp3) is 0.222. The van der Waals surface area contributed by atoms with Gasteiger partial charge >= 0.3 is 0 Å². The molecule has 0 unspecified atom stereocenters. The number of amides is 2. The number of ether oxygens (including phenoxy) is 1. The molecule has 0 saturated carbocycles. The maximum atomic E-state index is 11.9. The topological polar surface area (TPSA) is 111 Å². The number of hydrogen-bond acceptors (Lipinski definition) is 5. The van der Waals surface area contributed by atoms with Crippen LogP contribution in [0.15, 0.2) is 36.4 Å². The van der Waals surface area contributed by atoms with Crippen molar-refractivity contribution in [1.29, 1.82) is 0 Å². The van der Waals surface area contributed by atoms with Crippen LogP contribution in [0.3, 0.4) is 0 Å². The Morgan fingerprint density at radius 3 is 2.15 bits per heavy atom. The lowest BCUT2D eigenvalue weighted by atomic mass is 10.1. The summed E-state index contributed by atoms with van der Waals surface area (Å²) in [6.07, 6.45) is 0. The molecule has 0 aliphatic rings. The number of rotatable bonds is 5. The number of nitrogens with one attached hydrogen (secondary N) is 2. The first kappa shape index (κ1) is 18.9. The Morgan fingerprint density at radius 2 is 1.62 bits per heavy atom. The van der Waals surface area contributed by atoms with Gasteiger partial charge in [-0.2, -0.15) is 0 Å². The van der Waals surface area contributed by atoms with Crippen LogP contribution in [-0.2, 0) is 4.79 Å². The molecule has 0 saturated heterocycles. The van der Waals surface area contributed by atoms with Gasteiger partial charge in [-0.25, -0.2) is 0 Å². The summed E-state index contributed by atoms with van der Waals surface area (Å²) in [6.45, 7) is 5.50. The lowest BCUT2D eigenvalue weighted by molar-refractivity contribution is -0.384. The van der Waals surface area contributed by atoms with E-state index in [1.54, 1.807) is 0 Å². The van der Waals surface area contributed by atoms with E-state index < -0.39 is 16.7 Å². The number of aryl methyl sites for hydroxylation is 3. The van der Waals surface area contributed by atoms with Crippen LogP contribution in [0.1, 0.15) is 27.0 Å². The molecule has 2 amide bonds. The van der Waals surface area contributed by atoms with Crippen LogP contribution < -0.4 is 15.6 Å². The molecule has 8 nitrogen and oxygen atoms in total. The van der Waals surface area contributed by atoms with Crippen LogP contribution >= 0.6 is 0 Å². The summed E-state index contributed by atoms with van der Waals surface area (Å²) in [5.41, 5.74) is 7.48. The normalized spacial score (nSPS) is 10.1. The summed E-state index contributed by atoms with van der Waals surface area (Å²) < 4.78 is 5.53. The van der Waals surface area contributed by atoms with Crippen LogP contribution in [0.4, 0.5) is 5.69 Å². The Kier molecular flexibility index (Phi) is 5.90. The van der Waals surface area contributed by atoms with Crippen molar-refractivity contribution in [3.05, 3.63) is 68.8 Å². The summed E-state index contributed by atoms with van der Waals surface area (Å²) in [5, 5.41) is 10.6. The standard InChI is InChI=1S/C18H19N3O5/c1-11-8-12(2)17(13(3)9-11)26-10-16(22)19-20-18(23)14-4-6-15(7-5-14)21(24)25/h4-9H,10H2,1-3H3,(H,19,22)(H,20,23). The molecule has 0 aliphatic heterocycles. The van der Waals surface area contributed by atoms with E-state index in [2.05, 4.69) is 10.9 Å². The first-order valence-electron chi connectivity index (χ1n) is 7.82. The van der Waals surface area contributed by atoms with Crippen molar-refractivity contribution < 1.29 is 19.2 Å². The summed E-state index contributed by atoms with van der Waals surface area (Å²) in [5.74, 6) is -0.483. The van der Waals surface area contributed by atoms with Gasteiger partial charge in [0.05, 0.1) is 4.92 Å². The van der Waals surface area contributed by atoms with Crippen molar-refractivity contribution in [3.63, 3.8) is 0 Å². The molecule has 0 heterocycles. The van der Waals surface area contributed by atoms with Gasteiger partial charge in [0, 0.05) is 17.7 Å². The van der Waals surface area contributed by atoms with Gasteiger partial charge in [0.15, 0.2) is 6.61 Å². The largest absolute Gasteiger partial charge is 0.483 e. The Balaban J connectivity index is 1.87. The summed E-state index contributed by atoms with van der Waals surface area (Å²) >= 11 is 0. The van der Waals surface area contributed by atoms with E-state index in [-0.39, 0.29) is 17.9 Å². The van der Waals surface area contributed by atoms with Crippen molar-refractivity contribution in [2.75, 3.05) is 6.61 Å². The summed E-state index contributed by atoms with van der Waals surface area (Å²) in [4.78, 5) is 33.8. The Labute approximate surface area is 150 Å². The van der Waals surface area contributed by atoms with Gasteiger partial charge in [0.1, 0.15) is 5.75 Å². The van der Waals surface area contributed by atoms with E-state index in [9.17, 15) is 19.7 Å². The molecular formula is C18H19N3O5. The number of non-ortho nitro benzene ring substituents is 1. The summed E-state index contributed by atoms with van der Waals surface area (Å²) in [7, 11) is 0. The number of hydrogen-bond donors (Lipinski definition) is 2. The van der Waals surface area contributed by atoms with Crippen molar-refractivity contribution in [2.24, 2.45) is 0 Å². The van der Waals surface area contributed by atoms with Crippen molar-refractivity contribution in [3.8, 4) is 5.75 Å². The monoisotopic (exact) mass is 357 g/mol. The SMILES string of the molecule is Cc1cc(C)c(OCC(=O)NNC(=O)c2ccc([N+](=O)[O-])cc2)c(C)c1. The van der Waals surface area contributed by atoms with Gasteiger partial charge in [0.25, 0.3) is 17.5 Å². The first-order valence-corrected chi connectivity index (χ1v) is 7.82. The number of nitro groups is 1. The van der Waals surface area contributed by atoms with E-state index in [1.807, 2.05) is 32.9 Å². The smallest absolute Gasteiger partial charge is 0.276 e. The highest BCUT2D eigenvalue weighted by atomic mass is 16.6. The third-order valence-electron chi connectivity index (χ3n) is 3.61. The number of carbonyl (C=O) groups is 2. The highest BCUT2D eigenvalue weighted by molar-refractivity contribution is 5.95. The molecule has 136 valence electrons. The minimum absolute atomic E-state index is 0.122. The average molecular weight is 357 g/mol. The lowest BCUT2D eigenvalue weighted by Gasteiger charge is -2.13. The molecule has 0 aromatic heterocycles. The zero-order chi connectivity index (χ0) is 19.3. The Morgan fingerprint density at radius 1 is 1.04 bits per heavy atom. The minimum atomic E-state index is -0.587. The highest BCUT2D eigenvalue weighted by Gasteiger charge is 2.12. The fourth-order valence-electron chi connectivity index (χ4n) is 2.50. The molecule has 8 heteroatoms. The number of benzene rings is 2. The van der Waals surface area contributed by atoms with E-state index in [0.29, 0.717) is 5.75 Å². The molecule has 2 N–H and O–H groups in total. The van der Waals surface area contributed by atoms with Gasteiger partial charge in [-0.1, -0.05) is 17.7 Å². The molecule has 0 atom stereocenters. The molecule has 0 spiro atoms. The molecule has 2 rings (SSSR count). The predicted molar refractivity (Wildman–Crippen MR) is 94.9 cm³/mol. The van der Waals surface area contributed by atoms with Crippen LogP contribution in [0.5, 0.6) is 5.75 Å². The Bertz CT molecular complexity index is 823. The van der Waals surface area contributed by atoms with Crippen molar-refractivity contribution in [2.45, 2.75) is 20.8 Å². The zero-order valence-electron chi connectivity index (χ0n) is 14.7. The van der Waals surface area contributed by atoms with Gasteiger partial charge < -0.3 is 4.74 Å². The number of hydrazine groups is 1. The maximum Gasteiger partial charge on any atom is 0.276 e. The molecule has 2 aromatic carbocycles. The van der Waals surface area contributed by atoms with Crippen molar-refractivity contribution in [1.82, 2.24) is 10.9 Å². The second-order valence-corrected chi connectivity index (χ2v) is 5.82. The second kappa shape index (κ2) is 8.11. The molecule has 26 heavy (non-hydrogen) atoms. The van der Waals surface area contributed by atoms with E-state index in [4.69, 9.17) is 4.74 Å². The maximum absolute atomic E-state index is 11.9. The fourth-order valence-corrected chi connectivity index (χ4v) is 2.50. The van der Waals surface area contributed by atoms with E-state index in [1.165, 1.54) is 24.3 Å². The molecule has 0 radical (unpaired) electrons. The first-order chi connectivity index (χ1) is 12.3. The van der Waals surface area contributed by atoms with Crippen LogP contribution in [0.25, 0.3) is 0 Å². The predicted octanol–water partition coefficient (Wildman–Crippen LogP) is 2.36. The molecular weight excluding hydrogens is 338 g/mol. The van der Waals surface area contributed by atoms with E-state index in [0.717, 1.165) is 16.7 Å². The van der Waals surface area contributed by atoms with Crippen LogP contribution in [0.2, 0.25) is 0 Å². The third-order valence-corrected chi connectivity index (χ3v) is 3.61. The minimum Gasteiger partial charge on any atom is -0.483 e. The quantitative estimate of drug-likeness (QED) is 0.630. The number of nitro benzene ring substituents is 1. The number of nitrogens with zero attached hydrogens (tertiary/aromatic N) is 1. The van der Waals surface area contributed by atoms with Gasteiger partial charge in [-0.05, 0) is 44.0 Å². The van der Waals surface area contributed by atoms with Gasteiger partial charge in [-0.15, -0.1) is 0 Å². The van der Waals surface area contributed by atoms with Gasteiger partial charge in [-0.3, -0.25) is 30.6 Å². The van der Waals surface area contributed by atoms with Crippen LogP contribution in [0, 0.1) is 30.9 Å². The molecule has 0 aliphatic carbocycles. The van der Waals surface area contributed by atoms with E-state index >= 15 is 0 Å². The molecule has 0 bridgehead atoms. The second-order valence-electron chi connectivity index (χ2n) is 5.82. The summed E-state index contributed by atoms with van der Waals surface area (Å²) in [6, 6.07) is 8.93. The Hall–Kier alpha value is -3.42. The number of carbonyl (C=O) groups excluding carboxylic acids is 2. The molecule has 2 aromatic rings. The van der Waals surface area contributed by atoms with Crippen LogP contribution in [-0.4, -0.2) is 23.3 Å². The highest BCUT2D eigenvalue weighted by Crippen LogP contribution is 2.24. The lowest BCUT2D eigenvalue weighted by Crippen LogP contribution is -2.43. The van der Waals surface area contributed by atoms with Gasteiger partial charge in [0.2, 0.25) is 0 Å². The van der Waals surface area contributed by atoms with Crippen molar-refractivity contribution >= 4 is 17.5 Å². The third kappa shape index (κ3) is 4.79. The average Bonchev–Trinajstić information content (AvgIpc) is 2.58. The zero-order valence-corrected chi connectivity index (χ0v) is 14.7. The molecule has 0 fully saturated rings.